The lowest BCUT2D eigenvalue weighted by molar-refractivity contribution is -0.127. The normalized spacial score (nSPS) is 15.8. The van der Waals surface area contributed by atoms with Crippen LogP contribution in [0.1, 0.15) is 24.4 Å². The molecule has 1 aliphatic rings. The van der Waals surface area contributed by atoms with Crippen LogP contribution in [0.2, 0.25) is 0 Å². The number of hydrogen-bond acceptors (Lipinski definition) is 5. The van der Waals surface area contributed by atoms with Gasteiger partial charge in [0.1, 0.15) is 23.4 Å². The fourth-order valence-electron chi connectivity index (χ4n) is 2.68. The number of nitrogens with zero attached hydrogens (tertiary/aromatic N) is 1. The van der Waals surface area contributed by atoms with Crippen molar-refractivity contribution in [1.82, 2.24) is 4.90 Å². The van der Waals surface area contributed by atoms with Gasteiger partial charge in [-0.25, -0.2) is 4.79 Å². The van der Waals surface area contributed by atoms with E-state index in [0.717, 1.165) is 12.8 Å². The maximum atomic E-state index is 12.2. The zero-order valence-corrected chi connectivity index (χ0v) is 13.4. The Balaban J connectivity index is 1.52. The highest BCUT2D eigenvalue weighted by molar-refractivity contribution is 5.91. The molecule has 6 nitrogen and oxygen atoms in total. The van der Waals surface area contributed by atoms with Crippen LogP contribution in [0.3, 0.4) is 0 Å². The van der Waals surface area contributed by atoms with Crippen LogP contribution in [0.25, 0.3) is 6.08 Å². The van der Waals surface area contributed by atoms with Crippen LogP contribution in [-0.2, 0) is 4.79 Å². The lowest BCUT2D eigenvalue weighted by atomic mass is 10.1. The van der Waals surface area contributed by atoms with Gasteiger partial charge in [0.15, 0.2) is 0 Å². The van der Waals surface area contributed by atoms with Crippen LogP contribution < -0.4 is 10.4 Å². The van der Waals surface area contributed by atoms with E-state index in [4.69, 9.17) is 13.6 Å². The zero-order valence-electron chi connectivity index (χ0n) is 13.4. The summed E-state index contributed by atoms with van der Waals surface area (Å²) in [6.07, 6.45) is 6.19. The molecular weight excluding hydrogens is 310 g/mol. The molecule has 2 aromatic rings. The van der Waals surface area contributed by atoms with Crippen LogP contribution in [0.5, 0.6) is 5.75 Å². The molecule has 126 valence electrons. The summed E-state index contributed by atoms with van der Waals surface area (Å²) in [5, 5.41) is 0. The second kappa shape index (κ2) is 7.21. The van der Waals surface area contributed by atoms with Crippen molar-refractivity contribution in [3.63, 3.8) is 0 Å². The highest BCUT2D eigenvalue weighted by atomic mass is 16.5. The summed E-state index contributed by atoms with van der Waals surface area (Å²) in [5.74, 6) is 1.65. The van der Waals surface area contributed by atoms with Crippen molar-refractivity contribution < 1.29 is 18.4 Å². The van der Waals surface area contributed by atoms with Crippen LogP contribution in [0, 0.1) is 6.92 Å². The van der Waals surface area contributed by atoms with Gasteiger partial charge in [-0.15, -0.1) is 0 Å². The van der Waals surface area contributed by atoms with E-state index < -0.39 is 5.63 Å². The number of rotatable bonds is 4. The maximum absolute atomic E-state index is 12.2. The van der Waals surface area contributed by atoms with Crippen molar-refractivity contribution in [3.05, 3.63) is 58.5 Å². The molecule has 0 saturated carbocycles. The third-order valence-corrected chi connectivity index (χ3v) is 3.86. The van der Waals surface area contributed by atoms with E-state index >= 15 is 0 Å². The summed E-state index contributed by atoms with van der Waals surface area (Å²) in [6, 6.07) is 6.61. The lowest BCUT2D eigenvalue weighted by Crippen LogP contribution is -2.41. The Morgan fingerprint density at radius 3 is 2.79 bits per heavy atom. The van der Waals surface area contributed by atoms with E-state index in [9.17, 15) is 9.59 Å². The van der Waals surface area contributed by atoms with E-state index in [2.05, 4.69) is 0 Å². The SMILES string of the molecule is Cc1cc(OC2CCN(C(=O)/C=C/c3ccco3)CC2)cc(=O)o1. The quantitative estimate of drug-likeness (QED) is 0.806. The van der Waals surface area contributed by atoms with Gasteiger partial charge in [0, 0.05) is 38.1 Å². The average molecular weight is 329 g/mol. The molecule has 0 radical (unpaired) electrons. The third-order valence-electron chi connectivity index (χ3n) is 3.86. The van der Waals surface area contributed by atoms with Crippen molar-refractivity contribution in [2.45, 2.75) is 25.9 Å². The molecule has 0 atom stereocenters. The standard InChI is InChI=1S/C18H19NO5/c1-13-11-16(12-18(21)23-13)24-15-6-8-19(9-7-15)17(20)5-4-14-3-2-10-22-14/h2-5,10-12,15H,6-9H2,1H3/b5-4+. The van der Waals surface area contributed by atoms with Crippen molar-refractivity contribution in [3.8, 4) is 5.75 Å². The zero-order chi connectivity index (χ0) is 16.9. The monoisotopic (exact) mass is 329 g/mol. The van der Waals surface area contributed by atoms with Gasteiger partial charge >= 0.3 is 5.63 Å². The summed E-state index contributed by atoms with van der Waals surface area (Å²) in [5.41, 5.74) is -0.416. The molecule has 0 aliphatic carbocycles. The fraction of sp³-hybridized carbons (Fsp3) is 0.333. The summed E-state index contributed by atoms with van der Waals surface area (Å²) in [4.78, 5) is 25.3. The Labute approximate surface area is 139 Å². The number of amides is 1. The maximum Gasteiger partial charge on any atom is 0.339 e. The molecule has 3 heterocycles. The smallest absolute Gasteiger partial charge is 0.339 e. The van der Waals surface area contributed by atoms with Crippen molar-refractivity contribution >= 4 is 12.0 Å². The molecule has 1 fully saturated rings. The predicted molar refractivity (Wildman–Crippen MR) is 87.7 cm³/mol. The Morgan fingerprint density at radius 2 is 2.12 bits per heavy atom. The minimum absolute atomic E-state index is 0.00990. The highest BCUT2D eigenvalue weighted by Gasteiger charge is 2.23. The van der Waals surface area contributed by atoms with Crippen molar-refractivity contribution in [1.29, 1.82) is 0 Å². The van der Waals surface area contributed by atoms with Crippen LogP contribution in [0.15, 0.2) is 50.2 Å². The van der Waals surface area contributed by atoms with Crippen molar-refractivity contribution in [2.75, 3.05) is 13.1 Å². The van der Waals surface area contributed by atoms with Gasteiger partial charge in [0.25, 0.3) is 0 Å². The molecule has 0 unspecified atom stereocenters. The molecule has 0 N–H and O–H groups in total. The number of hydrogen-bond donors (Lipinski definition) is 0. The molecule has 3 rings (SSSR count). The van der Waals surface area contributed by atoms with Gasteiger partial charge in [-0.2, -0.15) is 0 Å². The minimum atomic E-state index is -0.416. The van der Waals surface area contributed by atoms with Crippen molar-refractivity contribution in [2.24, 2.45) is 0 Å². The summed E-state index contributed by atoms with van der Waals surface area (Å²) >= 11 is 0. The van der Waals surface area contributed by atoms with Gasteiger partial charge < -0.3 is 18.5 Å². The number of likely N-dealkylation sites (tertiary alicyclic amines) is 1. The number of aryl methyl sites for hydroxylation is 1. The number of piperidine rings is 1. The molecule has 2 aromatic heterocycles. The number of ether oxygens (including phenoxy) is 1. The molecular formula is C18H19NO5. The topological polar surface area (TPSA) is 72.9 Å². The van der Waals surface area contributed by atoms with Crippen LogP contribution >= 0.6 is 0 Å². The Hall–Kier alpha value is -2.76. The van der Waals surface area contributed by atoms with Crippen LogP contribution in [0.4, 0.5) is 0 Å². The third kappa shape index (κ3) is 4.16. The predicted octanol–water partition coefficient (Wildman–Crippen LogP) is 2.62. The summed E-state index contributed by atoms with van der Waals surface area (Å²) in [7, 11) is 0. The van der Waals surface area contributed by atoms with E-state index in [1.165, 1.54) is 12.1 Å². The van der Waals surface area contributed by atoms with Gasteiger partial charge in [0.2, 0.25) is 5.91 Å². The molecule has 1 amide bonds. The highest BCUT2D eigenvalue weighted by Crippen LogP contribution is 2.19. The number of carbonyl (C=O) groups is 1. The Bertz CT molecular complexity index is 767. The first-order chi connectivity index (χ1) is 11.6. The number of furan rings is 1. The summed E-state index contributed by atoms with van der Waals surface area (Å²) < 4.78 is 15.9. The molecule has 1 saturated heterocycles. The molecule has 1 aliphatic heterocycles. The molecule has 0 aromatic carbocycles. The second-order valence-electron chi connectivity index (χ2n) is 5.71. The van der Waals surface area contributed by atoms with Gasteiger partial charge in [0.05, 0.1) is 12.3 Å². The molecule has 6 heteroatoms. The van der Waals surface area contributed by atoms with E-state index in [1.54, 1.807) is 42.4 Å². The lowest BCUT2D eigenvalue weighted by Gasteiger charge is -2.31. The first-order valence-electron chi connectivity index (χ1n) is 7.89. The van der Waals surface area contributed by atoms with Crippen LogP contribution in [-0.4, -0.2) is 30.0 Å². The van der Waals surface area contributed by atoms with E-state index in [0.29, 0.717) is 30.4 Å². The van der Waals surface area contributed by atoms with E-state index in [-0.39, 0.29) is 12.0 Å². The molecule has 24 heavy (non-hydrogen) atoms. The first kappa shape index (κ1) is 16.1. The molecule has 0 spiro atoms. The van der Waals surface area contributed by atoms with E-state index in [1.807, 2.05) is 0 Å². The Morgan fingerprint density at radius 1 is 1.33 bits per heavy atom. The second-order valence-corrected chi connectivity index (χ2v) is 5.71. The van der Waals surface area contributed by atoms with Gasteiger partial charge in [-0.05, 0) is 25.1 Å². The average Bonchev–Trinajstić information content (AvgIpc) is 3.06. The minimum Gasteiger partial charge on any atom is -0.490 e. The Kier molecular flexibility index (Phi) is 4.84. The number of carbonyl (C=O) groups excluding carboxylic acids is 1. The molecule has 0 bridgehead atoms. The first-order valence-corrected chi connectivity index (χ1v) is 7.89. The van der Waals surface area contributed by atoms with Gasteiger partial charge in [-0.3, -0.25) is 4.79 Å². The largest absolute Gasteiger partial charge is 0.490 e. The van der Waals surface area contributed by atoms with Gasteiger partial charge in [-0.1, -0.05) is 0 Å². The fourth-order valence-corrected chi connectivity index (χ4v) is 2.68. The summed E-state index contributed by atoms with van der Waals surface area (Å²) in [6.45, 7) is 2.94.